The van der Waals surface area contributed by atoms with Crippen molar-refractivity contribution >= 4 is 0 Å². The maximum atomic E-state index is 13.6. The minimum Gasteiger partial charge on any atom is -0.306 e. The van der Waals surface area contributed by atoms with Crippen LogP contribution in [0, 0.1) is 0 Å². The number of hydrogen-bond acceptors (Lipinski definition) is 4. The Morgan fingerprint density at radius 1 is 0.486 bits per heavy atom. The van der Waals surface area contributed by atoms with Crippen LogP contribution in [0.3, 0.4) is 0 Å². The molecule has 0 aromatic rings. The van der Waals surface area contributed by atoms with Crippen molar-refractivity contribution in [3.8, 4) is 0 Å². The largest absolute Gasteiger partial charge is 0.404 e. The second kappa shape index (κ2) is 12.0. The summed E-state index contributed by atoms with van der Waals surface area (Å²) >= 11 is 0. The van der Waals surface area contributed by atoms with Crippen LogP contribution in [0.15, 0.2) is 0 Å². The molecule has 1 saturated heterocycles. The fourth-order valence-corrected chi connectivity index (χ4v) is 4.13. The van der Waals surface area contributed by atoms with Crippen LogP contribution in [0.25, 0.3) is 0 Å². The van der Waals surface area contributed by atoms with E-state index < -0.39 is 101 Å². The Labute approximate surface area is 195 Å². The van der Waals surface area contributed by atoms with Crippen LogP contribution in [0.5, 0.6) is 0 Å². The average Bonchev–Trinajstić information content (AvgIpc) is 2.62. The molecule has 0 saturated carbocycles. The minimum absolute atomic E-state index is 0.578. The van der Waals surface area contributed by atoms with Crippen LogP contribution in [-0.2, 0) is 0 Å². The van der Waals surface area contributed by atoms with Gasteiger partial charge < -0.3 is 5.32 Å². The molecule has 0 bridgehead atoms. The van der Waals surface area contributed by atoms with Gasteiger partial charge in [-0.3, -0.25) is 14.7 Å². The third-order valence-electron chi connectivity index (χ3n) is 6.21. The molecular weight excluding hydrogens is 512 g/mol. The van der Waals surface area contributed by atoms with E-state index in [1.807, 2.05) is 5.32 Å². The summed E-state index contributed by atoms with van der Waals surface area (Å²) in [5.41, 5.74) is 0. The summed E-state index contributed by atoms with van der Waals surface area (Å²) < 4.78 is 162. The standard InChI is InChI=1S/C19H30F12N4/c1-33-9-5-12(16(20,21)22)32-8-4-13(17(23,24)25)34(2)10-6-15(19(29,30)31)35(3)11-7-14(33)18(26,27)28/h12-15,32H,4-11H2,1-3H3. The van der Waals surface area contributed by atoms with Gasteiger partial charge in [0, 0.05) is 19.6 Å². The molecule has 1 aliphatic rings. The Morgan fingerprint density at radius 2 is 0.800 bits per heavy atom. The number of halogens is 12. The zero-order valence-electron chi connectivity index (χ0n) is 19.3. The maximum absolute atomic E-state index is 13.6. The Kier molecular flexibility index (Phi) is 11.0. The van der Waals surface area contributed by atoms with Gasteiger partial charge in [-0.05, 0) is 53.4 Å². The summed E-state index contributed by atoms with van der Waals surface area (Å²) in [6, 6.07) is -9.28. The fourth-order valence-electron chi connectivity index (χ4n) is 4.13. The molecule has 1 fully saturated rings. The third kappa shape index (κ3) is 10.1. The predicted octanol–water partition coefficient (Wildman–Crippen LogP) is 4.67. The van der Waals surface area contributed by atoms with Gasteiger partial charge in [-0.15, -0.1) is 0 Å². The van der Waals surface area contributed by atoms with Crippen LogP contribution in [0.2, 0.25) is 0 Å². The normalized spacial score (nSPS) is 29.9. The Morgan fingerprint density at radius 3 is 1.11 bits per heavy atom. The van der Waals surface area contributed by atoms with E-state index in [1.165, 1.54) is 0 Å². The van der Waals surface area contributed by atoms with Crippen molar-refractivity contribution < 1.29 is 52.7 Å². The van der Waals surface area contributed by atoms with Gasteiger partial charge in [0.15, 0.2) is 0 Å². The number of nitrogens with one attached hydrogen (secondary N) is 1. The lowest BCUT2D eigenvalue weighted by Gasteiger charge is -2.37. The summed E-state index contributed by atoms with van der Waals surface area (Å²) in [6.07, 6.45) is -23.2. The van der Waals surface area contributed by atoms with Gasteiger partial charge in [-0.1, -0.05) is 0 Å². The molecule has 0 aromatic heterocycles. The average molecular weight is 542 g/mol. The molecule has 4 unspecified atom stereocenters. The molecule has 16 heteroatoms. The van der Waals surface area contributed by atoms with Crippen LogP contribution in [0.4, 0.5) is 52.7 Å². The molecule has 35 heavy (non-hydrogen) atoms. The molecule has 0 radical (unpaired) electrons. The first-order valence-corrected chi connectivity index (χ1v) is 10.8. The van der Waals surface area contributed by atoms with Crippen molar-refractivity contribution in [2.75, 3.05) is 47.3 Å². The van der Waals surface area contributed by atoms with Crippen molar-refractivity contribution in [3.05, 3.63) is 0 Å². The van der Waals surface area contributed by atoms with Crippen molar-refractivity contribution in [2.24, 2.45) is 0 Å². The second-order valence-electron chi connectivity index (χ2n) is 8.82. The molecule has 0 aliphatic carbocycles. The van der Waals surface area contributed by atoms with E-state index in [0.29, 0.717) is 14.7 Å². The molecule has 4 atom stereocenters. The van der Waals surface area contributed by atoms with Crippen molar-refractivity contribution in [2.45, 2.75) is 74.6 Å². The van der Waals surface area contributed by atoms with E-state index in [0.717, 1.165) is 21.1 Å². The predicted molar refractivity (Wildman–Crippen MR) is 104 cm³/mol. The van der Waals surface area contributed by atoms with Gasteiger partial charge in [0.05, 0.1) is 0 Å². The van der Waals surface area contributed by atoms with E-state index in [1.54, 1.807) is 0 Å². The highest BCUT2D eigenvalue weighted by atomic mass is 19.4. The zero-order valence-corrected chi connectivity index (χ0v) is 19.3. The van der Waals surface area contributed by atoms with E-state index in [-0.39, 0.29) is 0 Å². The number of nitrogens with zero attached hydrogens (tertiary/aromatic N) is 3. The number of hydrogen-bond donors (Lipinski definition) is 1. The second-order valence-corrected chi connectivity index (χ2v) is 8.82. The quantitative estimate of drug-likeness (QED) is 0.450. The Hall–Kier alpha value is -1.00. The number of alkyl halides is 12. The van der Waals surface area contributed by atoms with Crippen molar-refractivity contribution in [1.82, 2.24) is 20.0 Å². The highest BCUT2D eigenvalue weighted by Gasteiger charge is 2.48. The van der Waals surface area contributed by atoms with Gasteiger partial charge in [0.1, 0.15) is 24.2 Å². The molecule has 0 spiro atoms. The van der Waals surface area contributed by atoms with Crippen LogP contribution in [0.1, 0.15) is 25.7 Å². The molecule has 210 valence electrons. The Balaban J connectivity index is 3.28. The molecule has 1 rings (SSSR count). The van der Waals surface area contributed by atoms with Crippen molar-refractivity contribution in [3.63, 3.8) is 0 Å². The molecule has 4 nitrogen and oxygen atoms in total. The first-order chi connectivity index (χ1) is 15.7. The first-order valence-electron chi connectivity index (χ1n) is 10.8. The van der Waals surface area contributed by atoms with Gasteiger partial charge in [0.25, 0.3) is 0 Å². The van der Waals surface area contributed by atoms with E-state index in [4.69, 9.17) is 0 Å². The molecule has 1 aliphatic heterocycles. The summed E-state index contributed by atoms with van der Waals surface area (Å²) in [4.78, 5) is 1.75. The maximum Gasteiger partial charge on any atom is 0.404 e. The monoisotopic (exact) mass is 542 g/mol. The zero-order chi connectivity index (χ0) is 27.4. The highest BCUT2D eigenvalue weighted by Crippen LogP contribution is 2.32. The summed E-state index contributed by atoms with van der Waals surface area (Å²) in [7, 11) is 2.73. The summed E-state index contributed by atoms with van der Waals surface area (Å²) in [6.45, 7) is -3.00. The summed E-state index contributed by atoms with van der Waals surface area (Å²) in [5, 5.41) is 1.93. The highest BCUT2D eigenvalue weighted by molar-refractivity contribution is 4.87. The molecular formula is C19H30F12N4. The summed E-state index contributed by atoms with van der Waals surface area (Å²) in [5.74, 6) is 0. The fraction of sp³-hybridized carbons (Fsp3) is 1.00. The molecule has 0 amide bonds. The third-order valence-corrected chi connectivity index (χ3v) is 6.21. The SMILES string of the molecule is CN1CCC(C(F)(F)F)NCCC(C(F)(F)F)N(C)CCC(C(F)(F)F)N(C)CCC1C(F)(F)F. The van der Waals surface area contributed by atoms with Crippen LogP contribution < -0.4 is 5.32 Å². The first kappa shape index (κ1) is 32.0. The van der Waals surface area contributed by atoms with Crippen molar-refractivity contribution in [1.29, 1.82) is 0 Å². The topological polar surface area (TPSA) is 21.8 Å². The molecule has 0 aromatic carbocycles. The van der Waals surface area contributed by atoms with E-state index >= 15 is 0 Å². The smallest absolute Gasteiger partial charge is 0.306 e. The van der Waals surface area contributed by atoms with Gasteiger partial charge in [-0.2, -0.15) is 52.7 Å². The van der Waals surface area contributed by atoms with Gasteiger partial charge in [-0.25, -0.2) is 0 Å². The minimum atomic E-state index is -4.93. The van der Waals surface area contributed by atoms with Gasteiger partial charge in [0.2, 0.25) is 0 Å². The van der Waals surface area contributed by atoms with E-state index in [2.05, 4.69) is 0 Å². The molecule has 1 heterocycles. The number of rotatable bonds is 0. The lowest BCUT2D eigenvalue weighted by molar-refractivity contribution is -0.198. The van der Waals surface area contributed by atoms with Crippen LogP contribution >= 0.6 is 0 Å². The lowest BCUT2D eigenvalue weighted by atomic mass is 10.1. The van der Waals surface area contributed by atoms with Crippen LogP contribution in [-0.4, -0.2) is 111 Å². The lowest BCUT2D eigenvalue weighted by Crippen LogP contribution is -2.53. The Bertz CT molecular complexity index is 631. The van der Waals surface area contributed by atoms with E-state index in [9.17, 15) is 52.7 Å². The van der Waals surface area contributed by atoms with Gasteiger partial charge >= 0.3 is 24.7 Å². The molecule has 1 N–H and O–H groups in total.